The Bertz CT molecular complexity index is 1140. The van der Waals surface area contributed by atoms with Gasteiger partial charge in [0.2, 0.25) is 12.1 Å². The molecule has 40 heavy (non-hydrogen) atoms. The van der Waals surface area contributed by atoms with Crippen molar-refractivity contribution >= 4 is 41.1 Å². The number of piperazine rings is 1. The molecule has 2 fully saturated rings. The summed E-state index contributed by atoms with van der Waals surface area (Å²) in [5, 5.41) is 4.03. The molecule has 0 radical (unpaired) electrons. The van der Waals surface area contributed by atoms with Crippen molar-refractivity contribution in [2.24, 2.45) is 15.7 Å². The van der Waals surface area contributed by atoms with Gasteiger partial charge in [0.15, 0.2) is 0 Å². The van der Waals surface area contributed by atoms with Crippen LogP contribution in [0, 0.1) is 0 Å². The van der Waals surface area contributed by atoms with Gasteiger partial charge in [0.05, 0.1) is 30.4 Å². The predicted octanol–water partition coefficient (Wildman–Crippen LogP) is 3.71. The minimum Gasteiger partial charge on any atom is -0.462 e. The van der Waals surface area contributed by atoms with E-state index in [1.807, 2.05) is 12.1 Å². The van der Waals surface area contributed by atoms with Crippen molar-refractivity contribution in [2.75, 3.05) is 71.2 Å². The van der Waals surface area contributed by atoms with E-state index in [9.17, 15) is 0 Å². The summed E-state index contributed by atoms with van der Waals surface area (Å²) >= 11 is 12.6. The molecule has 12 heteroatoms. The molecule has 0 aliphatic carbocycles. The maximum absolute atomic E-state index is 6.51. The van der Waals surface area contributed by atoms with Gasteiger partial charge in [-0.1, -0.05) is 29.3 Å². The van der Waals surface area contributed by atoms with Crippen molar-refractivity contribution in [1.82, 2.24) is 10.2 Å². The number of aliphatic imine (C=N–C) groups is 2. The van der Waals surface area contributed by atoms with E-state index in [1.54, 1.807) is 25.3 Å². The zero-order chi connectivity index (χ0) is 28.4. The van der Waals surface area contributed by atoms with E-state index in [1.165, 1.54) is 6.34 Å². The molecule has 2 aliphatic heterocycles. The first kappa shape index (κ1) is 30.4. The number of halogens is 2. The van der Waals surface area contributed by atoms with E-state index in [2.05, 4.69) is 44.2 Å². The van der Waals surface area contributed by atoms with E-state index in [4.69, 9.17) is 47.9 Å². The molecule has 10 nitrogen and oxygen atoms in total. The zero-order valence-corrected chi connectivity index (χ0v) is 24.5. The Morgan fingerprint density at radius 2 is 1.95 bits per heavy atom. The average molecular weight is 594 g/mol. The highest BCUT2D eigenvalue weighted by molar-refractivity contribution is 6.35. The molecule has 3 N–H and O–H groups in total. The van der Waals surface area contributed by atoms with E-state index in [0.717, 1.165) is 57.3 Å². The number of rotatable bonds is 12. The van der Waals surface area contributed by atoms with Crippen molar-refractivity contribution < 1.29 is 18.9 Å². The summed E-state index contributed by atoms with van der Waals surface area (Å²) in [6.45, 7) is 7.98. The normalized spacial score (nSPS) is 21.8. The van der Waals surface area contributed by atoms with Gasteiger partial charge in [0.25, 0.3) is 0 Å². The third-order valence-electron chi connectivity index (χ3n) is 6.79. The molecule has 2 unspecified atom stereocenters. The van der Waals surface area contributed by atoms with Crippen LogP contribution < -0.4 is 20.7 Å². The molecule has 2 aromatic rings. The number of hydrogen-bond donors (Lipinski definition) is 2. The Kier molecular flexibility index (Phi) is 11.3. The topological polar surface area (TPSA) is 106 Å². The largest absolute Gasteiger partial charge is 0.462 e. The quantitative estimate of drug-likeness (QED) is 0.218. The van der Waals surface area contributed by atoms with E-state index in [0.29, 0.717) is 21.4 Å². The molecular weight excluding hydrogens is 555 g/mol. The van der Waals surface area contributed by atoms with Crippen molar-refractivity contribution in [2.45, 2.75) is 25.4 Å². The number of nitrogens with zero attached hydrogens (tertiary/aromatic N) is 4. The number of anilines is 1. The summed E-state index contributed by atoms with van der Waals surface area (Å²) in [6.07, 6.45) is 1.82. The van der Waals surface area contributed by atoms with Crippen LogP contribution in [0.2, 0.25) is 10.0 Å². The van der Waals surface area contributed by atoms with Gasteiger partial charge in [0, 0.05) is 62.7 Å². The maximum Gasteiger partial charge on any atom is 0.226 e. The second kappa shape index (κ2) is 14.9. The van der Waals surface area contributed by atoms with Gasteiger partial charge in [-0.05, 0) is 49.7 Å². The minimum absolute atomic E-state index is 0.171. The summed E-state index contributed by atoms with van der Waals surface area (Å²) in [6, 6.07) is 13.2. The first-order valence-electron chi connectivity index (χ1n) is 13.4. The molecule has 0 amide bonds. The van der Waals surface area contributed by atoms with Crippen molar-refractivity contribution in [3.8, 4) is 5.75 Å². The van der Waals surface area contributed by atoms with E-state index < -0.39 is 12.1 Å². The highest BCUT2D eigenvalue weighted by atomic mass is 35.5. The average Bonchev–Trinajstić information content (AvgIpc) is 3.37. The Hall–Kier alpha value is -2.60. The van der Waals surface area contributed by atoms with E-state index >= 15 is 0 Å². The van der Waals surface area contributed by atoms with Crippen molar-refractivity contribution in [3.05, 3.63) is 58.1 Å². The van der Waals surface area contributed by atoms with E-state index in [-0.39, 0.29) is 19.8 Å². The van der Waals surface area contributed by atoms with Gasteiger partial charge >= 0.3 is 0 Å². The minimum atomic E-state index is -1.18. The monoisotopic (exact) mass is 592 g/mol. The fourth-order valence-corrected chi connectivity index (χ4v) is 5.24. The Labute approximate surface area is 246 Å². The van der Waals surface area contributed by atoms with Gasteiger partial charge in [-0.2, -0.15) is 0 Å². The van der Waals surface area contributed by atoms with Gasteiger partial charge < -0.3 is 39.8 Å². The highest BCUT2D eigenvalue weighted by Crippen LogP contribution is 2.39. The number of nitrogens with one attached hydrogen (secondary N) is 1. The molecule has 2 heterocycles. The second-order valence-electron chi connectivity index (χ2n) is 9.47. The van der Waals surface area contributed by atoms with Crippen LogP contribution in [0.4, 0.5) is 5.69 Å². The Morgan fingerprint density at radius 1 is 1.18 bits per heavy atom. The van der Waals surface area contributed by atoms with Crippen LogP contribution in [0.3, 0.4) is 0 Å². The molecule has 0 aromatic heterocycles. The molecule has 2 saturated heterocycles. The standard InChI is InChI=1S/C28H38Cl2N6O4/c1-21(34-10-3-15-37-2)35-11-13-36(14-12-35)23-5-7-24(8-6-23)39-27-17-38-28(40-27,18-32-20-33-19-31)25-9-4-22(29)16-26(25)30/h4-9,16,20,27H,3,10-15,17-19,31H2,1-2H3,(H,32,33). The predicted molar refractivity (Wildman–Crippen MR) is 160 cm³/mol. The van der Waals surface area contributed by atoms with Crippen LogP contribution in [0.15, 0.2) is 52.4 Å². The second-order valence-corrected chi connectivity index (χ2v) is 10.3. The first-order chi connectivity index (χ1) is 19.4. The molecular formula is C28H38Cl2N6O4. The van der Waals surface area contributed by atoms with Gasteiger partial charge in [-0.15, -0.1) is 0 Å². The molecule has 2 aromatic carbocycles. The lowest BCUT2D eigenvalue weighted by Crippen LogP contribution is -2.48. The molecule has 2 atom stereocenters. The molecule has 0 spiro atoms. The molecule has 218 valence electrons. The highest BCUT2D eigenvalue weighted by Gasteiger charge is 2.45. The third kappa shape index (κ3) is 7.99. The summed E-state index contributed by atoms with van der Waals surface area (Å²) in [5.74, 6) is 0.597. The van der Waals surface area contributed by atoms with Crippen LogP contribution >= 0.6 is 23.2 Å². The van der Waals surface area contributed by atoms with Crippen LogP contribution in [0.5, 0.6) is 5.75 Å². The van der Waals surface area contributed by atoms with Crippen molar-refractivity contribution in [1.29, 1.82) is 0 Å². The first-order valence-corrected chi connectivity index (χ1v) is 14.2. The number of benzene rings is 2. The van der Waals surface area contributed by atoms with Crippen LogP contribution in [0.1, 0.15) is 18.9 Å². The number of nitrogens with two attached hydrogens (primary N) is 1. The maximum atomic E-state index is 6.51. The SMILES string of the molecule is COCCCN=C(C)N1CCN(c2ccc(OC3COC(CN/C=N\CN)(c4ccc(Cl)cc4Cl)O3)cc2)CC1. The fraction of sp³-hybridized carbons (Fsp3) is 0.500. The van der Waals surface area contributed by atoms with Crippen LogP contribution in [-0.4, -0.2) is 89.6 Å². The summed E-state index contributed by atoms with van der Waals surface area (Å²) in [7, 11) is 1.72. The van der Waals surface area contributed by atoms with Gasteiger partial charge in [-0.3, -0.25) is 9.98 Å². The molecule has 0 saturated carbocycles. The number of amidine groups is 1. The smallest absolute Gasteiger partial charge is 0.226 e. The lowest BCUT2D eigenvalue weighted by molar-refractivity contribution is -0.195. The molecule has 0 bridgehead atoms. The summed E-state index contributed by atoms with van der Waals surface area (Å²) < 4.78 is 23.7. The Morgan fingerprint density at radius 3 is 2.65 bits per heavy atom. The lowest BCUT2D eigenvalue weighted by atomic mass is 10.1. The lowest BCUT2D eigenvalue weighted by Gasteiger charge is -2.37. The van der Waals surface area contributed by atoms with Gasteiger partial charge in [0.1, 0.15) is 12.4 Å². The Balaban J connectivity index is 1.33. The molecule has 2 aliphatic rings. The zero-order valence-electron chi connectivity index (χ0n) is 23.0. The molecule has 4 rings (SSSR count). The van der Waals surface area contributed by atoms with Gasteiger partial charge in [-0.25, -0.2) is 0 Å². The van der Waals surface area contributed by atoms with Crippen molar-refractivity contribution in [3.63, 3.8) is 0 Å². The fourth-order valence-electron chi connectivity index (χ4n) is 4.69. The number of hydrogen-bond acceptors (Lipinski definition) is 8. The third-order valence-corrected chi connectivity index (χ3v) is 7.34. The van der Waals surface area contributed by atoms with Crippen LogP contribution in [0.25, 0.3) is 0 Å². The summed E-state index contributed by atoms with van der Waals surface area (Å²) in [4.78, 5) is 13.4. The van der Waals surface area contributed by atoms with Crippen LogP contribution in [-0.2, 0) is 20.0 Å². The number of ether oxygens (including phenoxy) is 4. The summed E-state index contributed by atoms with van der Waals surface area (Å²) in [5.41, 5.74) is 7.24. The number of methoxy groups -OCH3 is 1.